The van der Waals surface area contributed by atoms with E-state index in [1.54, 1.807) is 18.4 Å². The molecule has 0 saturated carbocycles. The molecule has 0 aliphatic carbocycles. The molecule has 0 spiro atoms. The lowest BCUT2D eigenvalue weighted by molar-refractivity contribution is 0.197. The lowest BCUT2D eigenvalue weighted by Gasteiger charge is -2.32. The van der Waals surface area contributed by atoms with Crippen LogP contribution in [0.15, 0.2) is 47.1 Å². The van der Waals surface area contributed by atoms with E-state index in [-0.39, 0.29) is 5.82 Å². The van der Waals surface area contributed by atoms with Gasteiger partial charge in [-0.1, -0.05) is 12.1 Å². The fourth-order valence-corrected chi connectivity index (χ4v) is 2.96. The summed E-state index contributed by atoms with van der Waals surface area (Å²) < 4.78 is 18.2. The van der Waals surface area contributed by atoms with E-state index in [4.69, 9.17) is 4.42 Å². The number of halogens is 1. The summed E-state index contributed by atoms with van der Waals surface area (Å²) in [6.45, 7) is 4.11. The van der Waals surface area contributed by atoms with E-state index in [1.807, 2.05) is 24.3 Å². The average molecular weight is 302 g/mol. The Balaban J connectivity index is 1.35. The number of rotatable bonds is 6. The van der Waals surface area contributed by atoms with Gasteiger partial charge in [-0.2, -0.15) is 0 Å². The van der Waals surface area contributed by atoms with Crippen molar-refractivity contribution in [2.45, 2.75) is 31.8 Å². The average Bonchev–Trinajstić information content (AvgIpc) is 3.07. The Labute approximate surface area is 131 Å². The third kappa shape index (κ3) is 4.42. The molecule has 1 N–H and O–H groups in total. The van der Waals surface area contributed by atoms with E-state index in [0.29, 0.717) is 6.04 Å². The number of furan rings is 1. The van der Waals surface area contributed by atoms with Gasteiger partial charge in [0.1, 0.15) is 11.6 Å². The number of nitrogens with one attached hydrogen (secondary N) is 1. The molecule has 1 aliphatic heterocycles. The fraction of sp³-hybridized carbons (Fsp3) is 0.444. The van der Waals surface area contributed by atoms with Gasteiger partial charge in [0.15, 0.2) is 0 Å². The summed E-state index contributed by atoms with van der Waals surface area (Å²) in [5.74, 6) is 0.839. The summed E-state index contributed by atoms with van der Waals surface area (Å²) in [5, 5.41) is 3.56. The molecule has 0 bridgehead atoms. The second-order valence-electron chi connectivity index (χ2n) is 5.95. The van der Waals surface area contributed by atoms with Crippen LogP contribution in [0.1, 0.15) is 24.2 Å². The first-order chi connectivity index (χ1) is 10.8. The molecule has 0 amide bonds. The molecule has 22 heavy (non-hydrogen) atoms. The molecule has 0 unspecified atom stereocenters. The Kier molecular flexibility index (Phi) is 5.24. The highest BCUT2D eigenvalue weighted by molar-refractivity contribution is 5.16. The maximum atomic E-state index is 12.9. The molecule has 4 heteroatoms. The second-order valence-corrected chi connectivity index (χ2v) is 5.95. The molecule has 3 rings (SSSR count). The predicted octanol–water partition coefficient (Wildman–Crippen LogP) is 3.22. The van der Waals surface area contributed by atoms with Crippen molar-refractivity contribution in [3.05, 3.63) is 59.8 Å². The monoisotopic (exact) mass is 302 g/mol. The molecule has 0 radical (unpaired) electrons. The van der Waals surface area contributed by atoms with E-state index < -0.39 is 0 Å². The molecule has 1 saturated heterocycles. The van der Waals surface area contributed by atoms with Crippen LogP contribution in [0.2, 0.25) is 0 Å². The summed E-state index contributed by atoms with van der Waals surface area (Å²) in [6, 6.07) is 11.4. The number of likely N-dealkylation sites (tertiary alicyclic amines) is 1. The van der Waals surface area contributed by atoms with Crippen LogP contribution in [0.25, 0.3) is 0 Å². The fourth-order valence-electron chi connectivity index (χ4n) is 2.96. The summed E-state index contributed by atoms with van der Waals surface area (Å²) in [5.41, 5.74) is 1.21. The molecule has 2 heterocycles. The summed E-state index contributed by atoms with van der Waals surface area (Å²) in [7, 11) is 0. The van der Waals surface area contributed by atoms with Crippen LogP contribution in [0.5, 0.6) is 0 Å². The third-order valence-corrected chi connectivity index (χ3v) is 4.36. The quantitative estimate of drug-likeness (QED) is 0.888. The highest BCUT2D eigenvalue weighted by atomic mass is 19.1. The van der Waals surface area contributed by atoms with Gasteiger partial charge in [-0.25, -0.2) is 4.39 Å². The van der Waals surface area contributed by atoms with Crippen molar-refractivity contribution < 1.29 is 8.81 Å². The van der Waals surface area contributed by atoms with Gasteiger partial charge < -0.3 is 14.6 Å². The van der Waals surface area contributed by atoms with Crippen molar-refractivity contribution in [1.29, 1.82) is 0 Å². The van der Waals surface area contributed by atoms with Crippen LogP contribution in [-0.2, 0) is 13.0 Å². The van der Waals surface area contributed by atoms with Crippen LogP contribution >= 0.6 is 0 Å². The van der Waals surface area contributed by atoms with Gasteiger partial charge in [-0.15, -0.1) is 0 Å². The Bertz CT molecular complexity index is 545. The molecular weight excluding hydrogens is 279 g/mol. The Morgan fingerprint density at radius 3 is 2.59 bits per heavy atom. The third-order valence-electron chi connectivity index (χ3n) is 4.36. The predicted molar refractivity (Wildman–Crippen MR) is 85.1 cm³/mol. The maximum absolute atomic E-state index is 12.9. The zero-order chi connectivity index (χ0) is 15.2. The standard InChI is InChI=1S/C18H23FN2O/c19-16-5-3-15(4-6-16)7-10-21-11-8-17(9-12-21)20-14-18-2-1-13-22-18/h1-6,13,17,20H,7-12,14H2. The lowest BCUT2D eigenvalue weighted by Crippen LogP contribution is -2.42. The van der Waals surface area contributed by atoms with Crippen LogP contribution in [0.3, 0.4) is 0 Å². The minimum Gasteiger partial charge on any atom is -0.468 e. The van der Waals surface area contributed by atoms with Crippen molar-refractivity contribution in [3.8, 4) is 0 Å². The Morgan fingerprint density at radius 1 is 1.14 bits per heavy atom. The molecule has 1 aromatic carbocycles. The van der Waals surface area contributed by atoms with Crippen molar-refractivity contribution in [2.24, 2.45) is 0 Å². The lowest BCUT2D eigenvalue weighted by atomic mass is 10.0. The van der Waals surface area contributed by atoms with Gasteiger partial charge in [-0.3, -0.25) is 0 Å². The molecule has 3 nitrogen and oxygen atoms in total. The Morgan fingerprint density at radius 2 is 1.91 bits per heavy atom. The molecule has 1 fully saturated rings. The van der Waals surface area contributed by atoms with Crippen molar-refractivity contribution in [1.82, 2.24) is 10.2 Å². The largest absolute Gasteiger partial charge is 0.468 e. The topological polar surface area (TPSA) is 28.4 Å². The summed E-state index contributed by atoms with van der Waals surface area (Å²) in [6.07, 6.45) is 5.05. The SMILES string of the molecule is Fc1ccc(CCN2CCC(NCc3ccco3)CC2)cc1. The van der Waals surface area contributed by atoms with Gasteiger partial charge in [0, 0.05) is 12.6 Å². The van der Waals surface area contributed by atoms with Gasteiger partial charge in [-0.05, 0) is 62.2 Å². The number of hydrogen-bond donors (Lipinski definition) is 1. The summed E-state index contributed by atoms with van der Waals surface area (Å²) >= 11 is 0. The molecule has 2 aromatic rings. The molecular formula is C18H23FN2O. The minimum atomic E-state index is -0.160. The van der Waals surface area contributed by atoms with E-state index >= 15 is 0 Å². The molecule has 1 aromatic heterocycles. The van der Waals surface area contributed by atoms with Gasteiger partial charge in [0.25, 0.3) is 0 Å². The molecule has 1 aliphatic rings. The zero-order valence-electron chi connectivity index (χ0n) is 12.8. The first-order valence-corrected chi connectivity index (χ1v) is 8.02. The first-order valence-electron chi connectivity index (χ1n) is 8.02. The van der Waals surface area contributed by atoms with Crippen LogP contribution < -0.4 is 5.32 Å². The van der Waals surface area contributed by atoms with E-state index in [9.17, 15) is 4.39 Å². The van der Waals surface area contributed by atoms with Gasteiger partial charge in [0.2, 0.25) is 0 Å². The van der Waals surface area contributed by atoms with E-state index in [1.165, 1.54) is 18.4 Å². The number of benzene rings is 1. The van der Waals surface area contributed by atoms with Crippen LogP contribution in [-0.4, -0.2) is 30.6 Å². The van der Waals surface area contributed by atoms with Crippen LogP contribution in [0, 0.1) is 5.82 Å². The number of piperidine rings is 1. The second kappa shape index (κ2) is 7.56. The van der Waals surface area contributed by atoms with Crippen molar-refractivity contribution in [3.63, 3.8) is 0 Å². The molecule has 118 valence electrons. The number of hydrogen-bond acceptors (Lipinski definition) is 3. The van der Waals surface area contributed by atoms with Crippen molar-refractivity contribution in [2.75, 3.05) is 19.6 Å². The molecule has 0 atom stereocenters. The zero-order valence-corrected chi connectivity index (χ0v) is 12.8. The van der Waals surface area contributed by atoms with Gasteiger partial charge >= 0.3 is 0 Å². The van der Waals surface area contributed by atoms with E-state index in [0.717, 1.165) is 38.4 Å². The smallest absolute Gasteiger partial charge is 0.123 e. The summed E-state index contributed by atoms with van der Waals surface area (Å²) in [4.78, 5) is 2.49. The highest BCUT2D eigenvalue weighted by Crippen LogP contribution is 2.13. The minimum absolute atomic E-state index is 0.160. The van der Waals surface area contributed by atoms with Crippen molar-refractivity contribution >= 4 is 0 Å². The first kappa shape index (κ1) is 15.3. The number of nitrogens with zero attached hydrogens (tertiary/aromatic N) is 1. The Hall–Kier alpha value is -1.65. The van der Waals surface area contributed by atoms with Gasteiger partial charge in [0.05, 0.1) is 12.8 Å². The van der Waals surface area contributed by atoms with E-state index in [2.05, 4.69) is 10.2 Å². The highest BCUT2D eigenvalue weighted by Gasteiger charge is 2.18. The van der Waals surface area contributed by atoms with Crippen LogP contribution in [0.4, 0.5) is 4.39 Å². The maximum Gasteiger partial charge on any atom is 0.123 e. The normalized spacial score (nSPS) is 17.0.